The lowest BCUT2D eigenvalue weighted by Gasteiger charge is -2.64. The summed E-state index contributed by atoms with van der Waals surface area (Å²) in [5.41, 5.74) is 0.0988. The highest BCUT2D eigenvalue weighted by molar-refractivity contribution is 5.85. The molecule has 4 unspecified atom stereocenters. The predicted octanol–water partition coefficient (Wildman–Crippen LogP) is 1.28. The van der Waals surface area contributed by atoms with Crippen LogP contribution in [0.25, 0.3) is 0 Å². The van der Waals surface area contributed by atoms with Crippen molar-refractivity contribution < 1.29 is 44.6 Å². The van der Waals surface area contributed by atoms with Gasteiger partial charge in [0.1, 0.15) is 31.0 Å². The van der Waals surface area contributed by atoms with Crippen LogP contribution in [0.15, 0.2) is 11.6 Å². The van der Waals surface area contributed by atoms with E-state index in [9.17, 15) is 30.3 Å². The molecule has 10 heteroatoms. The largest absolute Gasteiger partial charge is 0.458 e. The quantitative estimate of drug-likeness (QED) is 0.244. The van der Waals surface area contributed by atoms with Gasteiger partial charge in [-0.05, 0) is 92.4 Å². The number of nitrogens with zero attached hydrogens (tertiary/aromatic N) is 1. The first kappa shape index (κ1) is 29.0. The van der Waals surface area contributed by atoms with Crippen molar-refractivity contribution in [3.05, 3.63) is 11.6 Å². The lowest BCUT2D eigenvalue weighted by molar-refractivity contribution is -0.344. The molecular formula is C30H47NO9. The maximum absolute atomic E-state index is 12.4. The van der Waals surface area contributed by atoms with Crippen LogP contribution in [0.4, 0.5) is 0 Å². The van der Waals surface area contributed by atoms with E-state index in [4.69, 9.17) is 14.3 Å². The summed E-state index contributed by atoms with van der Waals surface area (Å²) in [6, 6.07) is -0.0549. The summed E-state index contributed by atoms with van der Waals surface area (Å²) in [6.07, 6.45) is 3.63. The molecule has 0 radical (unpaired) electrons. The molecule has 6 rings (SSSR count). The molecule has 4 saturated carbocycles. The van der Waals surface area contributed by atoms with Gasteiger partial charge >= 0.3 is 5.97 Å². The van der Waals surface area contributed by atoms with E-state index in [1.54, 1.807) is 11.1 Å². The monoisotopic (exact) mass is 565 g/mol. The highest BCUT2D eigenvalue weighted by Gasteiger charge is 2.68. The van der Waals surface area contributed by atoms with Gasteiger partial charge in [-0.2, -0.15) is 5.06 Å². The first-order chi connectivity index (χ1) is 19.0. The highest BCUT2D eigenvalue weighted by Crippen LogP contribution is 2.70. The van der Waals surface area contributed by atoms with Crippen molar-refractivity contribution in [2.45, 2.75) is 114 Å². The Kier molecular flexibility index (Phi) is 7.43. The van der Waals surface area contributed by atoms with E-state index in [0.29, 0.717) is 18.4 Å². The molecule has 0 amide bonds. The number of esters is 1. The molecule has 10 nitrogen and oxygen atoms in total. The maximum atomic E-state index is 12.4. The van der Waals surface area contributed by atoms with Gasteiger partial charge in [0.15, 0.2) is 6.23 Å². The van der Waals surface area contributed by atoms with Crippen molar-refractivity contribution in [1.82, 2.24) is 5.06 Å². The lowest BCUT2D eigenvalue weighted by Crippen LogP contribution is -2.66. The van der Waals surface area contributed by atoms with E-state index in [1.807, 2.05) is 0 Å². The molecule has 0 spiro atoms. The number of ether oxygens (including phenoxy) is 2. The van der Waals surface area contributed by atoms with E-state index in [2.05, 4.69) is 13.8 Å². The fourth-order valence-corrected chi connectivity index (χ4v) is 10.4. The van der Waals surface area contributed by atoms with Gasteiger partial charge in [0.05, 0.1) is 19.3 Å². The van der Waals surface area contributed by atoms with E-state index in [1.165, 1.54) is 7.11 Å². The Balaban J connectivity index is 1.19. The van der Waals surface area contributed by atoms with Gasteiger partial charge in [-0.25, -0.2) is 4.79 Å². The lowest BCUT2D eigenvalue weighted by atomic mass is 9.43. The number of rotatable bonds is 5. The summed E-state index contributed by atoms with van der Waals surface area (Å²) in [5, 5.41) is 55.1. The molecule has 226 valence electrons. The van der Waals surface area contributed by atoms with Gasteiger partial charge in [0.25, 0.3) is 0 Å². The number of aliphatic hydroxyl groups is 5. The highest BCUT2D eigenvalue weighted by atomic mass is 16.7. The molecule has 6 aliphatic rings. The molecular weight excluding hydrogens is 518 g/mol. The van der Waals surface area contributed by atoms with Gasteiger partial charge in [-0.1, -0.05) is 13.8 Å². The molecule has 0 aromatic carbocycles. The van der Waals surface area contributed by atoms with E-state index >= 15 is 0 Å². The molecule has 5 N–H and O–H groups in total. The van der Waals surface area contributed by atoms with Crippen molar-refractivity contribution in [1.29, 1.82) is 0 Å². The minimum Gasteiger partial charge on any atom is -0.458 e. The van der Waals surface area contributed by atoms with Crippen LogP contribution in [0, 0.1) is 34.5 Å². The van der Waals surface area contributed by atoms with Crippen LogP contribution in [0.3, 0.4) is 0 Å². The fraction of sp³-hybridized carbons (Fsp3) is 0.900. The molecule has 2 heterocycles. The van der Waals surface area contributed by atoms with Gasteiger partial charge in [0.2, 0.25) is 0 Å². The summed E-state index contributed by atoms with van der Waals surface area (Å²) in [6.45, 7) is 4.53. The first-order valence-electron chi connectivity index (χ1n) is 15.2. The van der Waals surface area contributed by atoms with Crippen molar-refractivity contribution >= 4 is 5.97 Å². The minimum absolute atomic E-state index is 0.0549. The fourth-order valence-electron chi connectivity index (χ4n) is 10.4. The van der Waals surface area contributed by atoms with Crippen LogP contribution < -0.4 is 0 Å². The second-order valence-corrected chi connectivity index (χ2v) is 14.0. The number of aliphatic hydroxyl groups excluding tert-OH is 4. The Morgan fingerprint density at radius 1 is 1.00 bits per heavy atom. The number of carbonyl (C=O) groups excluding carboxylic acids is 1. The Morgan fingerprint density at radius 2 is 1.77 bits per heavy atom. The van der Waals surface area contributed by atoms with Crippen molar-refractivity contribution in [2.24, 2.45) is 34.5 Å². The molecule has 1 saturated heterocycles. The van der Waals surface area contributed by atoms with Crippen molar-refractivity contribution in [3.63, 3.8) is 0 Å². The third-order valence-corrected chi connectivity index (χ3v) is 12.6. The summed E-state index contributed by atoms with van der Waals surface area (Å²) in [5.74, 6) is 0.949. The number of carbonyl (C=O) groups is 1. The molecule has 2 aliphatic heterocycles. The Morgan fingerprint density at radius 3 is 2.45 bits per heavy atom. The number of cyclic esters (lactones) is 1. The second-order valence-electron chi connectivity index (χ2n) is 14.0. The van der Waals surface area contributed by atoms with Gasteiger partial charge < -0.3 is 35.0 Å². The molecule has 40 heavy (non-hydrogen) atoms. The topological polar surface area (TPSA) is 149 Å². The average molecular weight is 566 g/mol. The zero-order valence-electron chi connectivity index (χ0n) is 23.9. The van der Waals surface area contributed by atoms with E-state index in [0.717, 1.165) is 63.4 Å². The van der Waals surface area contributed by atoms with Gasteiger partial charge in [-0.15, -0.1) is 0 Å². The summed E-state index contributed by atoms with van der Waals surface area (Å²) >= 11 is 0. The first-order valence-corrected chi connectivity index (χ1v) is 15.2. The second kappa shape index (κ2) is 10.3. The van der Waals surface area contributed by atoms with Crippen molar-refractivity contribution in [2.75, 3.05) is 20.3 Å². The summed E-state index contributed by atoms with van der Waals surface area (Å²) in [7, 11) is 1.53. The molecule has 13 atom stereocenters. The average Bonchev–Trinajstić information content (AvgIpc) is 3.48. The van der Waals surface area contributed by atoms with E-state index in [-0.39, 0.29) is 34.7 Å². The molecule has 5 fully saturated rings. The van der Waals surface area contributed by atoms with Crippen LogP contribution in [-0.4, -0.2) is 99.2 Å². The maximum Gasteiger partial charge on any atom is 0.331 e. The third-order valence-electron chi connectivity index (χ3n) is 12.6. The van der Waals surface area contributed by atoms with Crippen LogP contribution >= 0.6 is 0 Å². The van der Waals surface area contributed by atoms with Crippen LogP contribution in [0.5, 0.6) is 0 Å². The van der Waals surface area contributed by atoms with Crippen LogP contribution in [0.2, 0.25) is 0 Å². The zero-order chi connectivity index (χ0) is 28.6. The summed E-state index contributed by atoms with van der Waals surface area (Å²) in [4.78, 5) is 17.6. The molecule has 4 aliphatic carbocycles. The Bertz CT molecular complexity index is 1020. The third kappa shape index (κ3) is 4.08. The number of hydrogen-bond acceptors (Lipinski definition) is 10. The molecule has 0 bridgehead atoms. The predicted molar refractivity (Wildman–Crippen MR) is 142 cm³/mol. The van der Waals surface area contributed by atoms with Gasteiger partial charge in [-0.3, -0.25) is 4.84 Å². The Hall–Kier alpha value is -1.11. The zero-order valence-corrected chi connectivity index (χ0v) is 23.9. The molecule has 0 aromatic rings. The standard InChI is InChI=1S/C30H47NO9/c1-28-9-6-18(31(38-3)27-26(36)25(35)24(34)22(14-32)40-27)13-17(28)4-5-21-20(28)7-10-29(2)19(8-11-30(21,29)37)16-12-23(33)39-15-16/h12,17-22,24-27,32,34-37H,4-11,13-15H2,1-3H3/t17?,18-,19-,20?,21?,22-,24+,25-,26+,27?,28+,29-,30+/m1/s1. The number of hydroxylamine groups is 2. The normalized spacial score (nSPS) is 52.5. The van der Waals surface area contributed by atoms with Gasteiger partial charge in [0, 0.05) is 17.5 Å². The van der Waals surface area contributed by atoms with E-state index < -0.39 is 42.9 Å². The van der Waals surface area contributed by atoms with Crippen LogP contribution in [-0.2, 0) is 19.1 Å². The molecule has 0 aromatic heterocycles. The van der Waals surface area contributed by atoms with Crippen molar-refractivity contribution in [3.8, 4) is 0 Å². The minimum atomic E-state index is -1.45. The Labute approximate surface area is 236 Å². The summed E-state index contributed by atoms with van der Waals surface area (Å²) < 4.78 is 11.1. The SMILES string of the molecule is CON(C1O[C@H](CO)[C@H](O)[C@@H](O)[C@@H]1O)[C@@H]1CC[C@@]2(C)C(CCC3C2CC[C@]2(C)[C@@H](C4=CC(=O)OC4)CC[C@]32O)C1. The number of hydrogen-bond donors (Lipinski definition) is 5. The smallest absolute Gasteiger partial charge is 0.331 e. The van der Waals surface area contributed by atoms with Crippen LogP contribution in [0.1, 0.15) is 71.6 Å². The number of fused-ring (bicyclic) bond motifs is 5.